The first-order valence-corrected chi connectivity index (χ1v) is 13.8. The van der Waals surface area contributed by atoms with Crippen molar-refractivity contribution in [2.75, 3.05) is 31.7 Å². The number of sulfonamides is 2. The van der Waals surface area contributed by atoms with E-state index >= 15 is 0 Å². The summed E-state index contributed by atoms with van der Waals surface area (Å²) in [5.74, 6) is -0.535. The van der Waals surface area contributed by atoms with Crippen molar-refractivity contribution in [3.05, 3.63) is 60.2 Å². The van der Waals surface area contributed by atoms with E-state index in [0.29, 0.717) is 24.3 Å². The minimum Gasteiger partial charge on any atom is -0.324 e. The van der Waals surface area contributed by atoms with E-state index in [9.17, 15) is 21.6 Å². The van der Waals surface area contributed by atoms with Crippen LogP contribution in [-0.2, 0) is 24.8 Å². The van der Waals surface area contributed by atoms with Crippen molar-refractivity contribution < 1.29 is 21.6 Å². The topological polar surface area (TPSA) is 104 Å². The summed E-state index contributed by atoms with van der Waals surface area (Å²) in [6.45, 7) is 1.02. The molecule has 1 N–H and O–H groups in total. The molecule has 1 aliphatic rings. The highest BCUT2D eigenvalue weighted by Crippen LogP contribution is 2.25. The third-order valence-electron chi connectivity index (χ3n) is 5.58. The highest BCUT2D eigenvalue weighted by atomic mass is 32.2. The van der Waals surface area contributed by atoms with E-state index in [1.165, 1.54) is 35.6 Å². The molecule has 0 unspecified atom stereocenters. The average molecular weight is 480 g/mol. The molecule has 0 spiro atoms. The van der Waals surface area contributed by atoms with Crippen LogP contribution >= 0.6 is 0 Å². The van der Waals surface area contributed by atoms with Crippen molar-refractivity contribution in [3.63, 3.8) is 0 Å². The third-order valence-corrected chi connectivity index (χ3v) is 8.74. The molecular formula is C22H29N3O5S2. The highest BCUT2D eigenvalue weighted by Gasteiger charge is 2.31. The fourth-order valence-corrected chi connectivity index (χ4v) is 5.82. The number of anilines is 1. The Morgan fingerprint density at radius 1 is 0.906 bits per heavy atom. The summed E-state index contributed by atoms with van der Waals surface area (Å²) in [4.78, 5) is 13.2. The zero-order valence-corrected chi connectivity index (χ0v) is 19.9. The number of benzene rings is 2. The fraction of sp³-hybridized carbons (Fsp3) is 0.409. The minimum absolute atomic E-state index is 0.172. The van der Waals surface area contributed by atoms with Crippen LogP contribution in [0.1, 0.15) is 37.3 Å². The normalized spacial score (nSPS) is 17.0. The van der Waals surface area contributed by atoms with Crippen molar-refractivity contribution in [2.24, 2.45) is 0 Å². The largest absolute Gasteiger partial charge is 0.324 e. The molecule has 1 heterocycles. The van der Waals surface area contributed by atoms with Gasteiger partial charge in [0.05, 0.1) is 11.2 Å². The summed E-state index contributed by atoms with van der Waals surface area (Å²) in [5.41, 5.74) is 0.908. The molecule has 3 rings (SSSR count). The number of rotatable bonds is 7. The lowest BCUT2D eigenvalue weighted by atomic mass is 10.1. The van der Waals surface area contributed by atoms with Crippen molar-refractivity contribution in [2.45, 2.75) is 36.6 Å². The average Bonchev–Trinajstić information content (AvgIpc) is 3.04. The highest BCUT2D eigenvalue weighted by molar-refractivity contribution is 7.89. The van der Waals surface area contributed by atoms with Crippen LogP contribution in [0.4, 0.5) is 5.69 Å². The molecule has 0 aliphatic carbocycles. The number of nitrogens with zero attached hydrogens (tertiary/aromatic N) is 2. The summed E-state index contributed by atoms with van der Waals surface area (Å²) in [6.07, 6.45) is 4.80. The molecule has 8 nitrogen and oxygen atoms in total. The van der Waals surface area contributed by atoms with Crippen LogP contribution in [0, 0.1) is 0 Å². The van der Waals surface area contributed by atoms with Gasteiger partial charge in [-0.05, 0) is 42.7 Å². The van der Waals surface area contributed by atoms with Gasteiger partial charge in [0.2, 0.25) is 26.0 Å². The maximum atomic E-state index is 13.0. The van der Waals surface area contributed by atoms with E-state index < -0.39 is 32.0 Å². The summed E-state index contributed by atoms with van der Waals surface area (Å²) < 4.78 is 52.6. The van der Waals surface area contributed by atoms with E-state index in [2.05, 4.69) is 5.32 Å². The van der Waals surface area contributed by atoms with Gasteiger partial charge in [0.15, 0.2) is 0 Å². The first-order chi connectivity index (χ1) is 15.1. The summed E-state index contributed by atoms with van der Waals surface area (Å²) in [6, 6.07) is 13.5. The lowest BCUT2D eigenvalue weighted by Crippen LogP contribution is -2.38. The van der Waals surface area contributed by atoms with Crippen LogP contribution in [0.5, 0.6) is 0 Å². The summed E-state index contributed by atoms with van der Waals surface area (Å²) >= 11 is 0. The number of likely N-dealkylation sites (N-methyl/N-ethyl adjacent to an activating group) is 1. The van der Waals surface area contributed by atoms with E-state index in [-0.39, 0.29) is 4.90 Å². The van der Waals surface area contributed by atoms with Crippen LogP contribution in [0.3, 0.4) is 0 Å². The number of hydrogen-bond acceptors (Lipinski definition) is 5. The molecule has 1 fully saturated rings. The molecular weight excluding hydrogens is 450 g/mol. The van der Waals surface area contributed by atoms with Crippen molar-refractivity contribution in [1.82, 2.24) is 8.61 Å². The van der Waals surface area contributed by atoms with Gasteiger partial charge in [-0.25, -0.2) is 16.8 Å². The molecule has 2 aromatic carbocycles. The van der Waals surface area contributed by atoms with E-state index in [4.69, 9.17) is 0 Å². The van der Waals surface area contributed by atoms with Gasteiger partial charge >= 0.3 is 0 Å². The number of carbonyl (C=O) groups is 1. The maximum absolute atomic E-state index is 13.0. The lowest BCUT2D eigenvalue weighted by Gasteiger charge is -2.25. The molecule has 1 aliphatic heterocycles. The van der Waals surface area contributed by atoms with Gasteiger partial charge in [0.1, 0.15) is 6.04 Å². The Morgan fingerprint density at radius 2 is 1.47 bits per heavy atom. The van der Waals surface area contributed by atoms with Crippen LogP contribution in [0.2, 0.25) is 0 Å². The third kappa shape index (κ3) is 5.74. The summed E-state index contributed by atoms with van der Waals surface area (Å²) in [5, 5.41) is 2.71. The molecule has 1 amide bonds. The number of amides is 1. The van der Waals surface area contributed by atoms with Gasteiger partial charge < -0.3 is 5.32 Å². The van der Waals surface area contributed by atoms with Gasteiger partial charge in [0, 0.05) is 25.8 Å². The van der Waals surface area contributed by atoms with Crippen LogP contribution in [-0.4, -0.2) is 57.7 Å². The Labute approximate surface area is 190 Å². The van der Waals surface area contributed by atoms with Gasteiger partial charge in [-0.1, -0.05) is 43.2 Å². The standard InChI is InChI=1S/C22H29N3O5S2/c1-24(31(2,27)28)21(18-10-6-5-7-11-18)22(26)23-19-12-14-20(15-13-19)32(29,30)25-16-8-3-4-9-17-25/h5-7,10-15,21H,3-4,8-9,16-17H2,1-2H3,(H,23,26)/t21-/m0/s1. The van der Waals surface area contributed by atoms with Gasteiger partial charge in [-0.2, -0.15) is 8.61 Å². The van der Waals surface area contributed by atoms with Crippen LogP contribution in [0.15, 0.2) is 59.5 Å². The maximum Gasteiger partial charge on any atom is 0.247 e. The number of carbonyl (C=O) groups excluding carboxylic acids is 1. The van der Waals surface area contributed by atoms with E-state index in [0.717, 1.165) is 36.2 Å². The Balaban J connectivity index is 1.80. The molecule has 32 heavy (non-hydrogen) atoms. The predicted octanol–water partition coefficient (Wildman–Crippen LogP) is 2.82. The molecule has 0 aromatic heterocycles. The SMILES string of the molecule is CN([C@H](C(=O)Nc1ccc(S(=O)(=O)N2CCCCCC2)cc1)c1ccccc1)S(C)(=O)=O. The first-order valence-electron chi connectivity index (χ1n) is 10.5. The quantitative estimate of drug-likeness (QED) is 0.658. The molecule has 0 saturated carbocycles. The Hall–Kier alpha value is -2.27. The molecule has 1 saturated heterocycles. The van der Waals surface area contributed by atoms with Crippen molar-refractivity contribution in [1.29, 1.82) is 0 Å². The second-order valence-corrected chi connectivity index (χ2v) is 11.9. The Bertz CT molecular complexity index is 1130. The molecule has 0 bridgehead atoms. The van der Waals surface area contributed by atoms with Crippen molar-refractivity contribution >= 4 is 31.6 Å². The predicted molar refractivity (Wildman–Crippen MR) is 124 cm³/mol. The molecule has 2 aromatic rings. The Kier molecular flexibility index (Phi) is 7.71. The summed E-state index contributed by atoms with van der Waals surface area (Å²) in [7, 11) is -5.88. The van der Waals surface area contributed by atoms with Gasteiger partial charge in [0.25, 0.3) is 0 Å². The second-order valence-electron chi connectivity index (χ2n) is 7.92. The molecule has 174 valence electrons. The van der Waals surface area contributed by atoms with Gasteiger partial charge in [-0.15, -0.1) is 0 Å². The minimum atomic E-state index is -3.64. The lowest BCUT2D eigenvalue weighted by molar-refractivity contribution is -0.119. The zero-order valence-electron chi connectivity index (χ0n) is 18.3. The number of hydrogen-bond donors (Lipinski definition) is 1. The molecule has 10 heteroatoms. The smallest absolute Gasteiger partial charge is 0.247 e. The monoisotopic (exact) mass is 479 g/mol. The molecule has 1 atom stereocenters. The van der Waals surface area contributed by atoms with Crippen LogP contribution < -0.4 is 5.32 Å². The number of nitrogens with one attached hydrogen (secondary N) is 1. The fourth-order valence-electron chi connectivity index (χ4n) is 3.71. The van der Waals surface area contributed by atoms with E-state index in [1.807, 2.05) is 0 Å². The first kappa shape index (κ1) is 24.4. The molecule has 0 radical (unpaired) electrons. The van der Waals surface area contributed by atoms with Crippen molar-refractivity contribution in [3.8, 4) is 0 Å². The van der Waals surface area contributed by atoms with E-state index in [1.54, 1.807) is 30.3 Å². The Morgan fingerprint density at radius 3 is 2.00 bits per heavy atom. The van der Waals surface area contributed by atoms with Crippen LogP contribution in [0.25, 0.3) is 0 Å². The zero-order chi connectivity index (χ0) is 23.4. The van der Waals surface area contributed by atoms with Gasteiger partial charge in [-0.3, -0.25) is 4.79 Å². The second kappa shape index (κ2) is 10.1.